The Hall–Kier alpha value is -1.40. The zero-order valence-electron chi connectivity index (χ0n) is 15.0. The summed E-state index contributed by atoms with van der Waals surface area (Å²) in [6, 6.07) is 1.84. The van der Waals surface area contributed by atoms with E-state index >= 15 is 0 Å². The van der Waals surface area contributed by atoms with Crippen LogP contribution in [0.1, 0.15) is 46.0 Å². The van der Waals surface area contributed by atoms with Crippen molar-refractivity contribution >= 4 is 5.91 Å². The molecular formula is C18H30N4O2. The first-order chi connectivity index (χ1) is 11.5. The third-order valence-electron chi connectivity index (χ3n) is 5.36. The Morgan fingerprint density at radius 3 is 2.75 bits per heavy atom. The summed E-state index contributed by atoms with van der Waals surface area (Å²) in [5, 5.41) is 7.28. The molecule has 6 nitrogen and oxygen atoms in total. The molecule has 3 rings (SSSR count). The lowest BCUT2D eigenvalue weighted by atomic mass is 9.79. The lowest BCUT2D eigenvalue weighted by Crippen LogP contribution is -2.63. The van der Waals surface area contributed by atoms with Gasteiger partial charge < -0.3 is 10.1 Å². The minimum atomic E-state index is -0.109. The monoisotopic (exact) mass is 334 g/mol. The van der Waals surface area contributed by atoms with Crippen molar-refractivity contribution in [2.24, 2.45) is 0 Å². The molecule has 2 fully saturated rings. The summed E-state index contributed by atoms with van der Waals surface area (Å²) in [6.45, 7) is 8.00. The van der Waals surface area contributed by atoms with Crippen LogP contribution in [0, 0.1) is 0 Å². The summed E-state index contributed by atoms with van der Waals surface area (Å²) >= 11 is 0. The zero-order chi connectivity index (χ0) is 17.0. The standard InChI is InChI=1S/C18H30N4O2/c1-17(2)15-21(11-12-24-17)18(7-4-3-5-8-18)14-19-16(23)13-22-10-6-9-20-22/h6,9-10H,3-5,7-8,11-15H2,1-2H3,(H,19,23). The van der Waals surface area contributed by atoms with E-state index in [1.807, 2.05) is 12.3 Å². The number of rotatable bonds is 5. The van der Waals surface area contributed by atoms with Gasteiger partial charge in [0.25, 0.3) is 0 Å². The van der Waals surface area contributed by atoms with E-state index in [-0.39, 0.29) is 23.6 Å². The highest BCUT2D eigenvalue weighted by Crippen LogP contribution is 2.35. The molecule has 1 saturated heterocycles. The van der Waals surface area contributed by atoms with Gasteiger partial charge in [-0.05, 0) is 32.8 Å². The van der Waals surface area contributed by atoms with Crippen molar-refractivity contribution in [3.63, 3.8) is 0 Å². The summed E-state index contributed by atoms with van der Waals surface area (Å²) in [5.41, 5.74) is -0.0269. The minimum absolute atomic E-state index is 0.0381. The van der Waals surface area contributed by atoms with Crippen LogP contribution in [0.2, 0.25) is 0 Å². The fraction of sp³-hybridized carbons (Fsp3) is 0.778. The van der Waals surface area contributed by atoms with Gasteiger partial charge in [0.2, 0.25) is 5.91 Å². The van der Waals surface area contributed by atoms with E-state index in [1.165, 1.54) is 19.3 Å². The molecule has 0 aromatic carbocycles. The highest BCUT2D eigenvalue weighted by atomic mass is 16.5. The number of hydrogen-bond acceptors (Lipinski definition) is 4. The third-order valence-corrected chi connectivity index (χ3v) is 5.36. The Morgan fingerprint density at radius 1 is 1.29 bits per heavy atom. The minimum Gasteiger partial charge on any atom is -0.373 e. The molecule has 1 N–H and O–H groups in total. The molecule has 0 unspecified atom stereocenters. The molecule has 0 atom stereocenters. The van der Waals surface area contributed by atoms with Crippen LogP contribution in [0.25, 0.3) is 0 Å². The summed E-state index contributed by atoms with van der Waals surface area (Å²) in [4.78, 5) is 14.9. The van der Waals surface area contributed by atoms with Crippen LogP contribution in [0.3, 0.4) is 0 Å². The summed E-state index contributed by atoms with van der Waals surface area (Å²) in [6.07, 6.45) is 9.62. The van der Waals surface area contributed by atoms with E-state index in [4.69, 9.17) is 4.74 Å². The molecule has 134 valence electrons. The molecule has 1 saturated carbocycles. The maximum absolute atomic E-state index is 12.3. The summed E-state index contributed by atoms with van der Waals surface area (Å²) in [5.74, 6) is 0.0381. The Bertz CT molecular complexity index is 535. The number of morpholine rings is 1. The van der Waals surface area contributed by atoms with Gasteiger partial charge in [-0.2, -0.15) is 5.10 Å². The molecule has 1 aromatic rings. The lowest BCUT2D eigenvalue weighted by Gasteiger charge is -2.51. The molecular weight excluding hydrogens is 304 g/mol. The second-order valence-corrected chi connectivity index (χ2v) is 7.80. The van der Waals surface area contributed by atoms with Crippen LogP contribution in [0.15, 0.2) is 18.5 Å². The van der Waals surface area contributed by atoms with Gasteiger partial charge in [-0.25, -0.2) is 0 Å². The summed E-state index contributed by atoms with van der Waals surface area (Å²) in [7, 11) is 0. The smallest absolute Gasteiger partial charge is 0.241 e. The average molecular weight is 334 g/mol. The maximum Gasteiger partial charge on any atom is 0.241 e. The van der Waals surface area contributed by atoms with Gasteiger partial charge in [0.05, 0.1) is 12.2 Å². The normalized spacial score (nSPS) is 23.8. The molecule has 1 amide bonds. The number of carbonyl (C=O) groups is 1. The Morgan fingerprint density at radius 2 is 2.08 bits per heavy atom. The largest absolute Gasteiger partial charge is 0.373 e. The molecule has 2 aliphatic rings. The maximum atomic E-state index is 12.3. The van der Waals surface area contributed by atoms with Gasteiger partial charge in [0.15, 0.2) is 0 Å². The van der Waals surface area contributed by atoms with E-state index in [9.17, 15) is 4.79 Å². The van der Waals surface area contributed by atoms with Crippen LogP contribution in [0.4, 0.5) is 0 Å². The number of carbonyl (C=O) groups excluding carboxylic acids is 1. The van der Waals surface area contributed by atoms with Crippen LogP contribution >= 0.6 is 0 Å². The number of nitrogens with zero attached hydrogens (tertiary/aromatic N) is 3. The number of hydrogen-bond donors (Lipinski definition) is 1. The number of amides is 1. The van der Waals surface area contributed by atoms with Crippen LogP contribution in [-0.2, 0) is 16.1 Å². The van der Waals surface area contributed by atoms with Gasteiger partial charge in [0.1, 0.15) is 6.54 Å². The van der Waals surface area contributed by atoms with Crippen molar-refractivity contribution in [1.82, 2.24) is 20.0 Å². The predicted octanol–water partition coefficient (Wildman–Crippen LogP) is 1.81. The second kappa shape index (κ2) is 7.23. The molecule has 24 heavy (non-hydrogen) atoms. The molecule has 1 aromatic heterocycles. The van der Waals surface area contributed by atoms with Gasteiger partial charge >= 0.3 is 0 Å². The van der Waals surface area contributed by atoms with Crippen LogP contribution < -0.4 is 5.32 Å². The van der Waals surface area contributed by atoms with Crippen molar-refractivity contribution < 1.29 is 9.53 Å². The van der Waals surface area contributed by atoms with E-state index in [0.717, 1.165) is 39.1 Å². The molecule has 1 aliphatic heterocycles. The number of aromatic nitrogens is 2. The zero-order valence-corrected chi connectivity index (χ0v) is 15.0. The average Bonchev–Trinajstić information content (AvgIpc) is 3.06. The highest BCUT2D eigenvalue weighted by molar-refractivity contribution is 5.75. The number of nitrogens with one attached hydrogen (secondary N) is 1. The molecule has 0 radical (unpaired) electrons. The fourth-order valence-electron chi connectivity index (χ4n) is 4.10. The highest BCUT2D eigenvalue weighted by Gasteiger charge is 2.42. The molecule has 0 bridgehead atoms. The molecule has 1 aliphatic carbocycles. The Kier molecular flexibility index (Phi) is 5.25. The van der Waals surface area contributed by atoms with Gasteiger partial charge in [-0.3, -0.25) is 14.4 Å². The van der Waals surface area contributed by atoms with Crippen molar-refractivity contribution in [1.29, 1.82) is 0 Å². The van der Waals surface area contributed by atoms with Crippen molar-refractivity contribution in [3.05, 3.63) is 18.5 Å². The van der Waals surface area contributed by atoms with Gasteiger partial charge in [0, 0.05) is 37.6 Å². The Labute approximate surface area is 144 Å². The molecule has 6 heteroatoms. The van der Waals surface area contributed by atoms with E-state index in [0.29, 0.717) is 0 Å². The van der Waals surface area contributed by atoms with E-state index < -0.39 is 0 Å². The Balaban J connectivity index is 1.63. The van der Waals surface area contributed by atoms with Gasteiger partial charge in [-0.15, -0.1) is 0 Å². The second-order valence-electron chi connectivity index (χ2n) is 7.80. The van der Waals surface area contributed by atoms with Crippen LogP contribution in [-0.4, -0.2) is 58.0 Å². The first-order valence-corrected chi connectivity index (χ1v) is 9.12. The lowest BCUT2D eigenvalue weighted by molar-refractivity contribution is -0.129. The number of ether oxygens (including phenoxy) is 1. The van der Waals surface area contributed by atoms with Crippen LogP contribution in [0.5, 0.6) is 0 Å². The quantitative estimate of drug-likeness (QED) is 0.892. The SMILES string of the molecule is CC1(C)CN(C2(CNC(=O)Cn3cccn3)CCCCC2)CCO1. The molecule has 0 spiro atoms. The first kappa shape index (κ1) is 17.4. The third kappa shape index (κ3) is 4.16. The topological polar surface area (TPSA) is 59.4 Å². The summed E-state index contributed by atoms with van der Waals surface area (Å²) < 4.78 is 7.55. The predicted molar refractivity (Wildman–Crippen MR) is 92.7 cm³/mol. The van der Waals surface area contributed by atoms with Crippen molar-refractivity contribution in [3.8, 4) is 0 Å². The molecule has 2 heterocycles. The first-order valence-electron chi connectivity index (χ1n) is 9.12. The van der Waals surface area contributed by atoms with Crippen molar-refractivity contribution in [2.75, 3.05) is 26.2 Å². The van der Waals surface area contributed by atoms with E-state index in [1.54, 1.807) is 10.9 Å². The van der Waals surface area contributed by atoms with Gasteiger partial charge in [-0.1, -0.05) is 19.3 Å². The van der Waals surface area contributed by atoms with E-state index in [2.05, 4.69) is 29.2 Å². The van der Waals surface area contributed by atoms with Crippen molar-refractivity contribution in [2.45, 2.75) is 63.6 Å². The fourth-order valence-corrected chi connectivity index (χ4v) is 4.10.